The molecule has 0 aromatic heterocycles. The summed E-state index contributed by atoms with van der Waals surface area (Å²) < 4.78 is 0. The second-order valence-electron chi connectivity index (χ2n) is 4.84. The van der Waals surface area contributed by atoms with Crippen LogP contribution in [0.1, 0.15) is 40.5 Å². The van der Waals surface area contributed by atoms with Crippen LogP contribution < -0.4 is 5.32 Å². The summed E-state index contributed by atoms with van der Waals surface area (Å²) in [6.07, 6.45) is 1.28. The summed E-state index contributed by atoms with van der Waals surface area (Å²) in [4.78, 5) is 24.2. The molecule has 2 amide bonds. The van der Waals surface area contributed by atoms with Crippen molar-refractivity contribution in [1.29, 1.82) is 0 Å². The molecule has 5 heteroatoms. The molecule has 0 aliphatic rings. The van der Waals surface area contributed by atoms with Crippen LogP contribution in [0, 0.1) is 5.92 Å². The zero-order chi connectivity index (χ0) is 13.6. The van der Waals surface area contributed by atoms with Gasteiger partial charge in [0.2, 0.25) is 0 Å². The number of nitrogens with zero attached hydrogens (tertiary/aromatic N) is 1. The fourth-order valence-corrected chi connectivity index (χ4v) is 1.63. The van der Waals surface area contributed by atoms with Gasteiger partial charge in [0.15, 0.2) is 0 Å². The number of hydrogen-bond donors (Lipinski definition) is 2. The third-order valence-corrected chi connectivity index (χ3v) is 2.80. The molecule has 5 nitrogen and oxygen atoms in total. The molecule has 0 saturated heterocycles. The van der Waals surface area contributed by atoms with Gasteiger partial charge >= 0.3 is 12.0 Å². The molecule has 0 saturated carbocycles. The molecule has 0 aliphatic heterocycles. The van der Waals surface area contributed by atoms with E-state index in [0.717, 1.165) is 6.42 Å². The molecule has 0 rings (SSSR count). The average Bonchev–Trinajstić information content (AvgIpc) is 2.22. The molecule has 0 bridgehead atoms. The van der Waals surface area contributed by atoms with Crippen LogP contribution in [-0.2, 0) is 4.79 Å². The molecule has 2 N–H and O–H groups in total. The van der Waals surface area contributed by atoms with Gasteiger partial charge in [0.05, 0.1) is 0 Å². The van der Waals surface area contributed by atoms with E-state index in [1.165, 1.54) is 0 Å². The van der Waals surface area contributed by atoms with Crippen molar-refractivity contribution in [3.8, 4) is 0 Å². The molecule has 0 aromatic carbocycles. The van der Waals surface area contributed by atoms with Crippen LogP contribution in [0.5, 0.6) is 0 Å². The summed E-state index contributed by atoms with van der Waals surface area (Å²) in [5.41, 5.74) is 0. The van der Waals surface area contributed by atoms with E-state index < -0.39 is 12.0 Å². The van der Waals surface area contributed by atoms with Gasteiger partial charge in [0, 0.05) is 13.1 Å². The Bertz CT molecular complexity index is 266. The zero-order valence-corrected chi connectivity index (χ0v) is 11.4. The molecular weight excluding hydrogens is 220 g/mol. The number of rotatable bonds is 6. The van der Waals surface area contributed by atoms with Crippen molar-refractivity contribution < 1.29 is 14.7 Å². The third-order valence-electron chi connectivity index (χ3n) is 2.80. The minimum Gasteiger partial charge on any atom is -0.480 e. The highest BCUT2D eigenvalue weighted by molar-refractivity contribution is 5.82. The minimum absolute atomic E-state index is 0.0984. The van der Waals surface area contributed by atoms with Gasteiger partial charge in [-0.1, -0.05) is 20.8 Å². The number of nitrogens with one attached hydrogen (secondary N) is 1. The lowest BCUT2D eigenvalue weighted by molar-refractivity contribution is -0.139. The van der Waals surface area contributed by atoms with E-state index in [4.69, 9.17) is 5.11 Å². The van der Waals surface area contributed by atoms with Crippen LogP contribution in [0.4, 0.5) is 4.79 Å². The molecule has 17 heavy (non-hydrogen) atoms. The molecule has 0 aliphatic carbocycles. The van der Waals surface area contributed by atoms with E-state index >= 15 is 0 Å². The van der Waals surface area contributed by atoms with Crippen molar-refractivity contribution in [2.75, 3.05) is 7.05 Å². The predicted molar refractivity (Wildman–Crippen MR) is 66.9 cm³/mol. The largest absolute Gasteiger partial charge is 0.480 e. The minimum atomic E-state index is -0.995. The number of hydrogen-bond acceptors (Lipinski definition) is 2. The number of carbonyl (C=O) groups is 2. The zero-order valence-electron chi connectivity index (χ0n) is 11.4. The molecule has 100 valence electrons. The first-order valence-electron chi connectivity index (χ1n) is 6.05. The van der Waals surface area contributed by atoms with Gasteiger partial charge in [0.1, 0.15) is 6.04 Å². The fraction of sp³-hybridized carbons (Fsp3) is 0.833. The van der Waals surface area contributed by atoms with Gasteiger partial charge in [-0.3, -0.25) is 0 Å². The van der Waals surface area contributed by atoms with Crippen LogP contribution in [0.15, 0.2) is 0 Å². The number of carboxylic acid groups (broad SMARTS) is 1. The van der Waals surface area contributed by atoms with Gasteiger partial charge in [-0.25, -0.2) is 9.59 Å². The first kappa shape index (κ1) is 15.7. The summed E-state index contributed by atoms with van der Waals surface area (Å²) in [7, 11) is 1.69. The summed E-state index contributed by atoms with van der Waals surface area (Å²) in [5.74, 6) is -0.493. The van der Waals surface area contributed by atoms with Crippen LogP contribution in [0.2, 0.25) is 0 Å². The first-order chi connectivity index (χ1) is 7.79. The van der Waals surface area contributed by atoms with Gasteiger partial charge < -0.3 is 15.3 Å². The first-order valence-corrected chi connectivity index (χ1v) is 6.05. The van der Waals surface area contributed by atoms with Gasteiger partial charge in [-0.2, -0.15) is 0 Å². The molecule has 2 atom stereocenters. The number of aliphatic carboxylic acids is 1. The van der Waals surface area contributed by atoms with Crippen LogP contribution in [0.3, 0.4) is 0 Å². The van der Waals surface area contributed by atoms with E-state index in [1.54, 1.807) is 18.9 Å². The Labute approximate surface area is 103 Å². The predicted octanol–water partition coefficient (Wildman–Crippen LogP) is 1.93. The van der Waals surface area contributed by atoms with Crippen LogP contribution in [0.25, 0.3) is 0 Å². The molecule has 0 spiro atoms. The van der Waals surface area contributed by atoms with E-state index in [1.807, 2.05) is 6.92 Å². The molecule has 0 fully saturated rings. The van der Waals surface area contributed by atoms with Gasteiger partial charge in [0.25, 0.3) is 0 Å². The van der Waals surface area contributed by atoms with Crippen molar-refractivity contribution in [3.63, 3.8) is 0 Å². The highest BCUT2D eigenvalue weighted by atomic mass is 16.4. The Morgan fingerprint density at radius 1 is 1.29 bits per heavy atom. The SMILES string of the molecule is CC[C@@H](NC(=O)N(C)C(C)CC(C)C)C(=O)O. The number of urea groups is 1. The van der Waals surface area contributed by atoms with Gasteiger partial charge in [-0.05, 0) is 25.7 Å². The Morgan fingerprint density at radius 3 is 2.18 bits per heavy atom. The van der Waals surface area contributed by atoms with E-state index in [2.05, 4.69) is 19.2 Å². The Morgan fingerprint density at radius 2 is 1.82 bits per heavy atom. The lowest BCUT2D eigenvalue weighted by atomic mass is 10.0. The van der Waals surface area contributed by atoms with Crippen molar-refractivity contribution in [2.45, 2.75) is 52.6 Å². The lowest BCUT2D eigenvalue weighted by Gasteiger charge is -2.27. The summed E-state index contributed by atoms with van der Waals surface area (Å²) in [6.45, 7) is 7.88. The normalized spacial score (nSPS) is 14.2. The number of amides is 2. The highest BCUT2D eigenvalue weighted by Crippen LogP contribution is 2.09. The Hall–Kier alpha value is -1.26. The Kier molecular flexibility index (Phi) is 6.61. The topological polar surface area (TPSA) is 69.6 Å². The standard InChI is InChI=1S/C12H24N2O3/c1-6-10(11(15)16)13-12(17)14(5)9(4)7-8(2)3/h8-10H,6-7H2,1-5H3,(H,13,17)(H,15,16)/t9?,10-/m1/s1. The molecule has 0 radical (unpaired) electrons. The average molecular weight is 244 g/mol. The number of carbonyl (C=O) groups excluding carboxylic acids is 1. The maximum atomic E-state index is 11.8. The lowest BCUT2D eigenvalue weighted by Crippen LogP contribution is -2.49. The number of carboxylic acids is 1. The van der Waals surface area contributed by atoms with Crippen molar-refractivity contribution in [1.82, 2.24) is 10.2 Å². The maximum absolute atomic E-state index is 11.8. The van der Waals surface area contributed by atoms with Crippen LogP contribution >= 0.6 is 0 Å². The smallest absolute Gasteiger partial charge is 0.326 e. The second kappa shape index (κ2) is 7.14. The van der Waals surface area contributed by atoms with Crippen molar-refractivity contribution in [3.05, 3.63) is 0 Å². The van der Waals surface area contributed by atoms with E-state index in [9.17, 15) is 9.59 Å². The third kappa shape index (κ3) is 5.56. The van der Waals surface area contributed by atoms with Crippen LogP contribution in [-0.4, -0.2) is 41.1 Å². The second-order valence-corrected chi connectivity index (χ2v) is 4.84. The van der Waals surface area contributed by atoms with Crippen molar-refractivity contribution in [2.24, 2.45) is 5.92 Å². The van der Waals surface area contributed by atoms with E-state index in [0.29, 0.717) is 12.3 Å². The van der Waals surface area contributed by atoms with E-state index in [-0.39, 0.29) is 12.1 Å². The molecule has 0 heterocycles. The molecular formula is C12H24N2O3. The Balaban J connectivity index is 4.34. The molecule has 0 aromatic rings. The summed E-state index contributed by atoms with van der Waals surface area (Å²) in [6, 6.07) is -1.04. The quantitative estimate of drug-likeness (QED) is 0.750. The fourth-order valence-electron chi connectivity index (χ4n) is 1.63. The maximum Gasteiger partial charge on any atom is 0.326 e. The van der Waals surface area contributed by atoms with Crippen molar-refractivity contribution >= 4 is 12.0 Å². The van der Waals surface area contributed by atoms with Gasteiger partial charge in [-0.15, -0.1) is 0 Å². The monoisotopic (exact) mass is 244 g/mol. The summed E-state index contributed by atoms with van der Waals surface area (Å²) >= 11 is 0. The molecule has 1 unspecified atom stereocenters. The summed E-state index contributed by atoms with van der Waals surface area (Å²) in [5, 5.41) is 11.4. The highest BCUT2D eigenvalue weighted by Gasteiger charge is 2.22.